The van der Waals surface area contributed by atoms with E-state index < -0.39 is 79.0 Å². The number of cyclic esters (lactones) is 1. The van der Waals surface area contributed by atoms with Crippen LogP contribution < -0.4 is 0 Å². The van der Waals surface area contributed by atoms with E-state index in [4.69, 9.17) is 23.7 Å². The van der Waals surface area contributed by atoms with Crippen molar-refractivity contribution in [2.24, 2.45) is 34.5 Å². The molecule has 3 aliphatic heterocycles. The van der Waals surface area contributed by atoms with Crippen LogP contribution in [0.1, 0.15) is 85.0 Å². The largest absolute Gasteiger partial charge is 0.431 e. The van der Waals surface area contributed by atoms with Gasteiger partial charge in [0.05, 0.1) is 49.0 Å². The molecular weight excluding hydrogens is 628 g/mol. The molecule has 0 aromatic heterocycles. The third-order valence-electron chi connectivity index (χ3n) is 13.9. The van der Waals surface area contributed by atoms with Gasteiger partial charge in [-0.05, 0) is 81.1 Å². The summed E-state index contributed by atoms with van der Waals surface area (Å²) in [6, 6.07) is 0. The highest BCUT2D eigenvalue weighted by Crippen LogP contribution is 2.70. The predicted octanol–water partition coefficient (Wildman–Crippen LogP) is 0.628. The SMILES string of the molecule is CC1OC(OC2CCC3(C)C(CCC4C3CCC3(C)C(C5=CCC(=O)O5)C(O)CC43O)C2)CC(O)C1OC1OC(CO)C(O)C(O)C1O. The molecule has 7 rings (SSSR count). The number of hydrogen-bond donors (Lipinski definition) is 7. The number of carbonyl (C=O) groups excluding carboxylic acids is 1. The molecule has 0 aromatic rings. The summed E-state index contributed by atoms with van der Waals surface area (Å²) in [6.45, 7) is 5.59. The van der Waals surface area contributed by atoms with Crippen molar-refractivity contribution in [2.45, 2.75) is 158 Å². The van der Waals surface area contributed by atoms with E-state index in [0.29, 0.717) is 17.6 Å². The molecule has 272 valence electrons. The van der Waals surface area contributed by atoms with E-state index >= 15 is 0 Å². The average Bonchev–Trinajstić information content (AvgIpc) is 3.54. The number of aliphatic hydroxyl groups is 7. The van der Waals surface area contributed by atoms with Gasteiger partial charge in [0.15, 0.2) is 12.6 Å². The van der Waals surface area contributed by atoms with Crippen molar-refractivity contribution < 1.29 is 64.2 Å². The quantitative estimate of drug-likeness (QED) is 0.152. The molecule has 0 aromatic carbocycles. The summed E-state index contributed by atoms with van der Waals surface area (Å²) in [7, 11) is 0. The first-order chi connectivity index (χ1) is 22.7. The fourth-order valence-corrected chi connectivity index (χ4v) is 11.3. The van der Waals surface area contributed by atoms with Crippen LogP contribution in [0.2, 0.25) is 0 Å². The Morgan fingerprint density at radius 2 is 1.67 bits per heavy atom. The fraction of sp³-hybridized carbons (Fsp3) is 0.914. The van der Waals surface area contributed by atoms with E-state index in [0.717, 1.165) is 44.9 Å². The number of aliphatic hydroxyl groups excluding tert-OH is 6. The zero-order valence-electron chi connectivity index (χ0n) is 28.1. The second-order valence-electron chi connectivity index (χ2n) is 16.3. The zero-order valence-corrected chi connectivity index (χ0v) is 28.1. The topological polar surface area (TPSA) is 205 Å². The van der Waals surface area contributed by atoms with Crippen LogP contribution in [0.3, 0.4) is 0 Å². The lowest BCUT2D eigenvalue weighted by Crippen LogP contribution is -2.62. The molecule has 4 saturated carbocycles. The lowest BCUT2D eigenvalue weighted by atomic mass is 9.43. The minimum Gasteiger partial charge on any atom is -0.431 e. The smallest absolute Gasteiger partial charge is 0.314 e. The molecule has 0 radical (unpaired) electrons. The summed E-state index contributed by atoms with van der Waals surface area (Å²) < 4.78 is 29.4. The van der Waals surface area contributed by atoms with Crippen LogP contribution >= 0.6 is 0 Å². The molecule has 6 fully saturated rings. The van der Waals surface area contributed by atoms with Gasteiger partial charge in [-0.3, -0.25) is 4.79 Å². The van der Waals surface area contributed by atoms with Gasteiger partial charge in [-0.15, -0.1) is 0 Å². The van der Waals surface area contributed by atoms with E-state index in [9.17, 15) is 40.5 Å². The monoisotopic (exact) mass is 682 g/mol. The average molecular weight is 683 g/mol. The van der Waals surface area contributed by atoms with Gasteiger partial charge in [0, 0.05) is 18.3 Å². The first-order valence-electron chi connectivity index (χ1n) is 18.0. The highest BCUT2D eigenvalue weighted by Gasteiger charge is 2.70. The Hall–Kier alpha value is -1.23. The maximum Gasteiger partial charge on any atom is 0.314 e. The molecule has 7 N–H and O–H groups in total. The molecule has 48 heavy (non-hydrogen) atoms. The Bertz CT molecular complexity index is 1230. The lowest BCUT2D eigenvalue weighted by Gasteiger charge is -2.63. The third-order valence-corrected chi connectivity index (χ3v) is 13.9. The number of hydrogen-bond acceptors (Lipinski definition) is 13. The minimum atomic E-state index is -1.58. The van der Waals surface area contributed by atoms with Crippen molar-refractivity contribution in [1.82, 2.24) is 0 Å². The summed E-state index contributed by atoms with van der Waals surface area (Å²) in [5, 5.41) is 74.9. The molecule has 4 aliphatic carbocycles. The van der Waals surface area contributed by atoms with Crippen LogP contribution in [0.5, 0.6) is 0 Å². The predicted molar refractivity (Wildman–Crippen MR) is 165 cm³/mol. The number of ether oxygens (including phenoxy) is 5. The third kappa shape index (κ3) is 5.51. The molecule has 18 unspecified atom stereocenters. The first kappa shape index (κ1) is 35.2. The Labute approximate surface area is 281 Å². The van der Waals surface area contributed by atoms with Gasteiger partial charge in [-0.2, -0.15) is 0 Å². The van der Waals surface area contributed by atoms with E-state index in [1.807, 2.05) is 0 Å². The standard InChI is InChI=1S/C35H54O13/c1-16-31(48-32-30(42)29(41)28(40)24(15-36)47-32)21(37)13-26(44-16)45-18-8-10-33(2)17(12-18)4-5-20-19(33)9-11-34(3)27(22(38)14-35(20,34)43)23-6-7-25(39)46-23/h6,16-22,24,26-32,36-38,40-43H,4-5,7-15H2,1-3H3. The molecule has 18 atom stereocenters. The summed E-state index contributed by atoms with van der Waals surface area (Å²) in [6.07, 6.45) is -2.71. The van der Waals surface area contributed by atoms with Crippen LogP contribution in [-0.4, -0.2) is 121 Å². The maximum absolute atomic E-state index is 12.5. The molecule has 7 aliphatic rings. The molecule has 13 nitrogen and oxygen atoms in total. The zero-order chi connectivity index (χ0) is 34.3. The van der Waals surface area contributed by atoms with E-state index in [1.165, 1.54) is 0 Å². The highest BCUT2D eigenvalue weighted by molar-refractivity contribution is 5.75. The van der Waals surface area contributed by atoms with Crippen LogP contribution in [0.25, 0.3) is 0 Å². The van der Waals surface area contributed by atoms with Gasteiger partial charge in [0.25, 0.3) is 0 Å². The van der Waals surface area contributed by atoms with Crippen molar-refractivity contribution in [1.29, 1.82) is 0 Å². The summed E-state index contributed by atoms with van der Waals surface area (Å²) >= 11 is 0. The Morgan fingerprint density at radius 1 is 0.896 bits per heavy atom. The second-order valence-corrected chi connectivity index (χ2v) is 16.3. The Balaban J connectivity index is 0.967. The van der Waals surface area contributed by atoms with Crippen molar-refractivity contribution in [3.05, 3.63) is 11.8 Å². The number of fused-ring (bicyclic) bond motifs is 5. The van der Waals surface area contributed by atoms with E-state index in [-0.39, 0.29) is 48.6 Å². The number of carbonyl (C=O) groups is 1. The molecule has 3 heterocycles. The number of rotatable bonds is 6. The Kier molecular flexibility index (Phi) is 9.36. The van der Waals surface area contributed by atoms with Crippen LogP contribution in [-0.2, 0) is 28.5 Å². The van der Waals surface area contributed by atoms with E-state index in [2.05, 4.69) is 13.8 Å². The van der Waals surface area contributed by atoms with Crippen molar-refractivity contribution in [3.63, 3.8) is 0 Å². The molecule has 13 heteroatoms. The van der Waals surface area contributed by atoms with Gasteiger partial charge in [0.2, 0.25) is 0 Å². The van der Waals surface area contributed by atoms with Crippen LogP contribution in [0.4, 0.5) is 0 Å². The molecule has 2 saturated heterocycles. The van der Waals surface area contributed by atoms with Gasteiger partial charge < -0.3 is 59.4 Å². The van der Waals surface area contributed by atoms with Crippen molar-refractivity contribution >= 4 is 5.97 Å². The molecule has 0 spiro atoms. The Morgan fingerprint density at radius 3 is 2.35 bits per heavy atom. The highest BCUT2D eigenvalue weighted by atomic mass is 16.7. The molecule has 0 amide bonds. The van der Waals surface area contributed by atoms with Crippen LogP contribution in [0, 0.1) is 34.5 Å². The molecular formula is C35H54O13. The van der Waals surface area contributed by atoms with Crippen molar-refractivity contribution in [3.8, 4) is 0 Å². The normalized spacial score (nSPS) is 55.3. The number of esters is 1. The lowest BCUT2D eigenvalue weighted by molar-refractivity contribution is -0.344. The summed E-state index contributed by atoms with van der Waals surface area (Å²) in [5.41, 5.74) is -1.62. The molecule has 0 bridgehead atoms. The summed E-state index contributed by atoms with van der Waals surface area (Å²) in [5.74, 6) is 0.568. The minimum absolute atomic E-state index is 0.00648. The van der Waals surface area contributed by atoms with Gasteiger partial charge in [0.1, 0.15) is 36.3 Å². The van der Waals surface area contributed by atoms with Gasteiger partial charge >= 0.3 is 5.97 Å². The van der Waals surface area contributed by atoms with Crippen molar-refractivity contribution in [2.75, 3.05) is 6.61 Å². The van der Waals surface area contributed by atoms with E-state index in [1.54, 1.807) is 13.0 Å². The van der Waals surface area contributed by atoms with Crippen LogP contribution in [0.15, 0.2) is 11.8 Å². The maximum atomic E-state index is 12.5. The first-order valence-corrected chi connectivity index (χ1v) is 18.0. The fourth-order valence-electron chi connectivity index (χ4n) is 11.3. The van der Waals surface area contributed by atoms with Gasteiger partial charge in [-0.1, -0.05) is 13.8 Å². The second kappa shape index (κ2) is 12.8. The van der Waals surface area contributed by atoms with Gasteiger partial charge in [-0.25, -0.2) is 0 Å². The summed E-state index contributed by atoms with van der Waals surface area (Å²) in [4.78, 5) is 11.9.